The summed E-state index contributed by atoms with van der Waals surface area (Å²) in [6.07, 6.45) is 1.23. The number of carbonyl (C=O) groups excluding carboxylic acids is 1. The monoisotopic (exact) mass is 382 g/mol. The highest BCUT2D eigenvalue weighted by Gasteiger charge is 2.27. The molecule has 0 aromatic heterocycles. The fourth-order valence-electron chi connectivity index (χ4n) is 3.05. The van der Waals surface area contributed by atoms with Gasteiger partial charge in [-0.3, -0.25) is 4.79 Å². The molecule has 0 N–H and O–H groups in total. The summed E-state index contributed by atoms with van der Waals surface area (Å²) in [5, 5.41) is 0. The lowest BCUT2D eigenvalue weighted by molar-refractivity contribution is -0.137. The predicted octanol–water partition coefficient (Wildman–Crippen LogP) is 2.38. The Bertz CT molecular complexity index is 746. The third kappa shape index (κ3) is 5.20. The average Bonchev–Trinajstić information content (AvgIpc) is 2.81. The quantitative estimate of drug-likeness (QED) is 0.784. The molecule has 0 spiro atoms. The van der Waals surface area contributed by atoms with Crippen molar-refractivity contribution in [2.45, 2.75) is 46.1 Å². The van der Waals surface area contributed by atoms with Crippen molar-refractivity contribution in [2.75, 3.05) is 32.4 Å². The smallest absolute Gasteiger partial charge is 0.263 e. The molecule has 0 aliphatic carbocycles. The summed E-state index contributed by atoms with van der Waals surface area (Å²) in [4.78, 5) is 14.5. The Morgan fingerprint density at radius 1 is 1.12 bits per heavy atom. The van der Waals surface area contributed by atoms with Crippen molar-refractivity contribution in [1.29, 1.82) is 0 Å². The molecule has 1 atom stereocenters. The van der Waals surface area contributed by atoms with Crippen LogP contribution in [0.25, 0.3) is 0 Å². The molecule has 7 heteroatoms. The molecular formula is C19H30N2O4S. The number of nitrogens with zero attached hydrogens (tertiary/aromatic N) is 2. The summed E-state index contributed by atoms with van der Waals surface area (Å²) in [7, 11) is -3.22. The number of hydrogen-bond donors (Lipinski definition) is 0. The van der Waals surface area contributed by atoms with Gasteiger partial charge in [-0.05, 0) is 43.4 Å². The second-order valence-electron chi connectivity index (χ2n) is 7.28. The topological polar surface area (TPSA) is 66.9 Å². The molecule has 1 fully saturated rings. The van der Waals surface area contributed by atoms with Crippen LogP contribution in [0.2, 0.25) is 0 Å². The number of aryl methyl sites for hydroxylation is 1. The Kier molecular flexibility index (Phi) is 6.69. The normalized spacial score (nSPS) is 17.8. The van der Waals surface area contributed by atoms with Crippen molar-refractivity contribution >= 4 is 15.9 Å². The maximum absolute atomic E-state index is 12.8. The van der Waals surface area contributed by atoms with Gasteiger partial charge in [0.05, 0.1) is 6.26 Å². The number of amides is 1. The van der Waals surface area contributed by atoms with Gasteiger partial charge >= 0.3 is 0 Å². The Labute approximate surface area is 157 Å². The molecule has 1 aromatic rings. The Morgan fingerprint density at radius 3 is 2.42 bits per heavy atom. The number of ether oxygens (including phenoxy) is 1. The van der Waals surface area contributed by atoms with Crippen LogP contribution in [0.5, 0.6) is 5.75 Å². The van der Waals surface area contributed by atoms with Gasteiger partial charge < -0.3 is 9.64 Å². The van der Waals surface area contributed by atoms with Crippen molar-refractivity contribution in [3.8, 4) is 5.75 Å². The number of hydrogen-bond acceptors (Lipinski definition) is 4. The van der Waals surface area contributed by atoms with E-state index in [4.69, 9.17) is 4.74 Å². The van der Waals surface area contributed by atoms with Crippen molar-refractivity contribution < 1.29 is 17.9 Å². The largest absolute Gasteiger partial charge is 0.481 e. The van der Waals surface area contributed by atoms with Gasteiger partial charge in [0.25, 0.3) is 5.91 Å². The molecular weight excluding hydrogens is 352 g/mol. The van der Waals surface area contributed by atoms with E-state index in [0.717, 1.165) is 11.3 Å². The van der Waals surface area contributed by atoms with Crippen molar-refractivity contribution in [1.82, 2.24) is 9.21 Å². The lowest BCUT2D eigenvalue weighted by Gasteiger charge is -2.25. The molecule has 1 aliphatic rings. The third-order valence-electron chi connectivity index (χ3n) is 4.77. The van der Waals surface area contributed by atoms with E-state index in [-0.39, 0.29) is 5.91 Å². The molecule has 1 heterocycles. The molecule has 0 saturated carbocycles. The van der Waals surface area contributed by atoms with Crippen LogP contribution in [0, 0.1) is 6.92 Å². The minimum atomic E-state index is -3.22. The summed E-state index contributed by atoms with van der Waals surface area (Å²) in [6.45, 7) is 9.68. The fourth-order valence-corrected chi connectivity index (χ4v) is 3.92. The van der Waals surface area contributed by atoms with Crippen LogP contribution in [0.15, 0.2) is 18.2 Å². The van der Waals surface area contributed by atoms with Gasteiger partial charge in [0, 0.05) is 26.2 Å². The van der Waals surface area contributed by atoms with Gasteiger partial charge in [-0.15, -0.1) is 0 Å². The first-order valence-electron chi connectivity index (χ1n) is 9.10. The minimum Gasteiger partial charge on any atom is -0.481 e. The van der Waals surface area contributed by atoms with Crippen molar-refractivity contribution in [3.63, 3.8) is 0 Å². The second kappa shape index (κ2) is 8.39. The summed E-state index contributed by atoms with van der Waals surface area (Å²) in [5.41, 5.74) is 2.16. The first-order valence-corrected chi connectivity index (χ1v) is 11.0. The first kappa shape index (κ1) is 20.7. The molecule has 2 rings (SSSR count). The van der Waals surface area contributed by atoms with Crippen molar-refractivity contribution in [2.24, 2.45) is 0 Å². The maximum Gasteiger partial charge on any atom is 0.263 e. The van der Waals surface area contributed by atoms with Crippen LogP contribution < -0.4 is 4.74 Å². The second-order valence-corrected chi connectivity index (χ2v) is 9.26. The molecule has 26 heavy (non-hydrogen) atoms. The van der Waals surface area contributed by atoms with Crippen LogP contribution in [-0.4, -0.2) is 62.1 Å². The number of rotatable bonds is 5. The van der Waals surface area contributed by atoms with Gasteiger partial charge in [-0.25, -0.2) is 12.7 Å². The number of benzene rings is 1. The van der Waals surface area contributed by atoms with E-state index in [0.29, 0.717) is 38.5 Å². The van der Waals surface area contributed by atoms with E-state index in [9.17, 15) is 13.2 Å². The van der Waals surface area contributed by atoms with Crippen LogP contribution in [0.1, 0.15) is 44.2 Å². The van der Waals surface area contributed by atoms with Gasteiger partial charge in [0.1, 0.15) is 5.75 Å². The maximum atomic E-state index is 12.8. The number of sulfonamides is 1. The summed E-state index contributed by atoms with van der Waals surface area (Å²) >= 11 is 0. The van der Waals surface area contributed by atoms with Gasteiger partial charge in [-0.1, -0.05) is 26.0 Å². The van der Waals surface area contributed by atoms with Crippen molar-refractivity contribution in [3.05, 3.63) is 29.3 Å². The van der Waals surface area contributed by atoms with Gasteiger partial charge in [-0.2, -0.15) is 0 Å². The summed E-state index contributed by atoms with van der Waals surface area (Å²) in [5.74, 6) is 1.01. The summed E-state index contributed by atoms with van der Waals surface area (Å²) < 4.78 is 30.8. The van der Waals surface area contributed by atoms with E-state index < -0.39 is 16.1 Å². The van der Waals surface area contributed by atoms with E-state index in [2.05, 4.69) is 19.9 Å². The molecule has 146 valence electrons. The van der Waals surface area contributed by atoms with E-state index >= 15 is 0 Å². The third-order valence-corrected chi connectivity index (χ3v) is 6.07. The fraction of sp³-hybridized carbons (Fsp3) is 0.632. The van der Waals surface area contributed by atoms with E-state index in [1.165, 1.54) is 16.1 Å². The zero-order chi connectivity index (χ0) is 19.5. The van der Waals surface area contributed by atoms with Gasteiger partial charge in [0.15, 0.2) is 6.10 Å². The lowest BCUT2D eigenvalue weighted by atomic mass is 10.0. The van der Waals surface area contributed by atoms with Crippen LogP contribution in [-0.2, 0) is 14.8 Å². The van der Waals surface area contributed by atoms with Gasteiger partial charge in [0.2, 0.25) is 10.0 Å². The zero-order valence-corrected chi connectivity index (χ0v) is 17.2. The minimum absolute atomic E-state index is 0.102. The Hall–Kier alpha value is -1.60. The van der Waals surface area contributed by atoms with Crippen LogP contribution in [0.4, 0.5) is 0 Å². The average molecular weight is 383 g/mol. The number of carbonyl (C=O) groups is 1. The molecule has 6 nitrogen and oxygen atoms in total. The SMILES string of the molecule is Cc1ccc(C(C)C)cc1OC(C)C(=O)N1CCCN(S(C)(=O)=O)CC1. The predicted molar refractivity (Wildman–Crippen MR) is 103 cm³/mol. The molecule has 0 bridgehead atoms. The highest BCUT2D eigenvalue weighted by Crippen LogP contribution is 2.25. The molecule has 1 aliphatic heterocycles. The molecule has 1 unspecified atom stereocenters. The lowest BCUT2D eigenvalue weighted by Crippen LogP contribution is -2.43. The Balaban J connectivity index is 2.05. The zero-order valence-electron chi connectivity index (χ0n) is 16.4. The summed E-state index contributed by atoms with van der Waals surface area (Å²) in [6, 6.07) is 6.09. The highest BCUT2D eigenvalue weighted by atomic mass is 32.2. The van der Waals surface area contributed by atoms with E-state index in [1.807, 2.05) is 19.1 Å². The van der Waals surface area contributed by atoms with Crippen LogP contribution >= 0.6 is 0 Å². The first-order chi connectivity index (χ1) is 12.1. The molecule has 0 radical (unpaired) electrons. The molecule has 1 amide bonds. The van der Waals surface area contributed by atoms with Crippen LogP contribution in [0.3, 0.4) is 0 Å². The Morgan fingerprint density at radius 2 is 1.81 bits per heavy atom. The molecule has 1 saturated heterocycles. The standard InChI is InChI=1S/C19H30N2O4S/c1-14(2)17-8-7-15(3)18(13-17)25-16(4)19(22)20-9-6-10-21(12-11-20)26(5,23)24/h7-8,13-14,16H,6,9-12H2,1-5H3. The molecule has 1 aromatic carbocycles. The highest BCUT2D eigenvalue weighted by molar-refractivity contribution is 7.88. The van der Waals surface area contributed by atoms with E-state index in [1.54, 1.807) is 11.8 Å².